The number of fused-ring (bicyclic) bond motifs is 1. The molecule has 1 fully saturated rings. The lowest BCUT2D eigenvalue weighted by atomic mass is 10.1. The van der Waals surface area contributed by atoms with E-state index in [1.54, 1.807) is 7.11 Å². The van der Waals surface area contributed by atoms with E-state index in [4.69, 9.17) is 9.15 Å². The summed E-state index contributed by atoms with van der Waals surface area (Å²) in [6.45, 7) is 4.00. The first-order valence-electron chi connectivity index (χ1n) is 8.32. The highest BCUT2D eigenvalue weighted by atomic mass is 32.2. The average molecular weight is 369 g/mol. The molecule has 0 saturated carbocycles. The van der Waals surface area contributed by atoms with Crippen LogP contribution in [-0.2, 0) is 14.8 Å². The van der Waals surface area contributed by atoms with E-state index in [-0.39, 0.29) is 4.90 Å². The standard InChI is InChI=1S/C16H23N3O5S/c1-23-8-2-6-19-7-5-12(11-19)10-17-25(21,22)13-3-4-15-14(9-13)18-16(20)24-15/h3-4,9,12,17H,2,5-8,10-11H2,1H3,(H,18,20)/t12-/m1/s1. The third kappa shape index (κ3) is 4.49. The summed E-state index contributed by atoms with van der Waals surface area (Å²) in [5, 5.41) is 0. The summed E-state index contributed by atoms with van der Waals surface area (Å²) in [5.74, 6) is -0.299. The number of nitrogens with zero attached hydrogens (tertiary/aromatic N) is 1. The normalized spacial score (nSPS) is 19.0. The second-order valence-corrected chi connectivity index (χ2v) is 8.09. The van der Waals surface area contributed by atoms with Crippen LogP contribution in [0.3, 0.4) is 0 Å². The molecule has 2 aromatic rings. The number of aromatic nitrogens is 1. The van der Waals surface area contributed by atoms with Crippen LogP contribution in [0.5, 0.6) is 0 Å². The van der Waals surface area contributed by atoms with E-state index in [0.29, 0.717) is 23.6 Å². The fourth-order valence-corrected chi connectivity index (χ4v) is 4.27. The zero-order valence-electron chi connectivity index (χ0n) is 14.2. The molecular formula is C16H23N3O5S. The number of oxazole rings is 1. The van der Waals surface area contributed by atoms with E-state index in [0.717, 1.165) is 39.1 Å². The van der Waals surface area contributed by atoms with E-state index in [1.165, 1.54) is 18.2 Å². The molecule has 1 atom stereocenters. The summed E-state index contributed by atoms with van der Waals surface area (Å²) in [6.07, 6.45) is 1.96. The third-order valence-corrected chi connectivity index (χ3v) is 5.88. The van der Waals surface area contributed by atoms with Crippen LogP contribution in [0.1, 0.15) is 12.8 Å². The quantitative estimate of drug-likeness (QED) is 0.666. The first-order valence-corrected chi connectivity index (χ1v) is 9.80. The van der Waals surface area contributed by atoms with Gasteiger partial charge in [0.2, 0.25) is 10.0 Å². The van der Waals surface area contributed by atoms with Crippen molar-refractivity contribution in [1.82, 2.24) is 14.6 Å². The van der Waals surface area contributed by atoms with Gasteiger partial charge < -0.3 is 14.1 Å². The fraction of sp³-hybridized carbons (Fsp3) is 0.562. The van der Waals surface area contributed by atoms with Crippen LogP contribution in [-0.4, -0.2) is 58.2 Å². The highest BCUT2D eigenvalue weighted by Crippen LogP contribution is 2.19. The molecule has 9 heteroatoms. The van der Waals surface area contributed by atoms with Gasteiger partial charge >= 0.3 is 5.76 Å². The third-order valence-electron chi connectivity index (χ3n) is 4.46. The molecule has 8 nitrogen and oxygen atoms in total. The molecule has 1 aromatic heterocycles. The minimum atomic E-state index is -3.62. The molecule has 138 valence electrons. The molecule has 1 aliphatic rings. The second kappa shape index (κ2) is 7.69. The van der Waals surface area contributed by atoms with Crippen molar-refractivity contribution in [2.75, 3.05) is 39.9 Å². The van der Waals surface area contributed by atoms with Gasteiger partial charge in [-0.15, -0.1) is 0 Å². The lowest BCUT2D eigenvalue weighted by Crippen LogP contribution is -2.31. The van der Waals surface area contributed by atoms with Gasteiger partial charge in [-0.3, -0.25) is 4.98 Å². The van der Waals surface area contributed by atoms with Crippen LogP contribution in [0.2, 0.25) is 0 Å². The van der Waals surface area contributed by atoms with Crippen LogP contribution in [0.25, 0.3) is 11.1 Å². The number of H-pyrrole nitrogens is 1. The molecule has 0 radical (unpaired) electrons. The largest absolute Gasteiger partial charge is 0.417 e. The Hall–Kier alpha value is -1.68. The number of aromatic amines is 1. The van der Waals surface area contributed by atoms with Crippen molar-refractivity contribution < 1.29 is 17.6 Å². The molecule has 1 aliphatic heterocycles. The summed E-state index contributed by atoms with van der Waals surface area (Å²) in [4.78, 5) is 16.1. The van der Waals surface area contributed by atoms with E-state index >= 15 is 0 Å². The van der Waals surface area contributed by atoms with Crippen molar-refractivity contribution in [3.8, 4) is 0 Å². The van der Waals surface area contributed by atoms with Crippen LogP contribution < -0.4 is 10.5 Å². The molecule has 0 aliphatic carbocycles. The summed E-state index contributed by atoms with van der Waals surface area (Å²) >= 11 is 0. The van der Waals surface area contributed by atoms with Crippen molar-refractivity contribution in [2.24, 2.45) is 5.92 Å². The second-order valence-electron chi connectivity index (χ2n) is 6.33. The maximum Gasteiger partial charge on any atom is 0.417 e. The molecule has 25 heavy (non-hydrogen) atoms. The van der Waals surface area contributed by atoms with Gasteiger partial charge in [0.05, 0.1) is 10.4 Å². The molecule has 0 spiro atoms. The highest BCUT2D eigenvalue weighted by molar-refractivity contribution is 7.89. The Labute approximate surface area is 146 Å². The van der Waals surface area contributed by atoms with Gasteiger partial charge in [-0.05, 0) is 43.5 Å². The number of hydrogen-bond donors (Lipinski definition) is 2. The van der Waals surface area contributed by atoms with Crippen molar-refractivity contribution in [3.05, 3.63) is 28.7 Å². The lowest BCUT2D eigenvalue weighted by molar-refractivity contribution is 0.178. The highest BCUT2D eigenvalue weighted by Gasteiger charge is 2.24. The number of methoxy groups -OCH3 is 1. The first-order chi connectivity index (χ1) is 12.0. The van der Waals surface area contributed by atoms with Gasteiger partial charge in [-0.25, -0.2) is 17.9 Å². The van der Waals surface area contributed by atoms with Gasteiger partial charge in [0.25, 0.3) is 0 Å². The average Bonchev–Trinajstić information content (AvgIpc) is 3.17. The van der Waals surface area contributed by atoms with Gasteiger partial charge in [0.15, 0.2) is 5.58 Å². The van der Waals surface area contributed by atoms with Gasteiger partial charge in [0.1, 0.15) is 0 Å². The molecule has 1 aromatic carbocycles. The number of benzene rings is 1. The summed E-state index contributed by atoms with van der Waals surface area (Å²) < 4.78 is 37.6. The van der Waals surface area contributed by atoms with Gasteiger partial charge in [-0.1, -0.05) is 0 Å². The Morgan fingerprint density at radius 2 is 2.28 bits per heavy atom. The Balaban J connectivity index is 1.57. The zero-order chi connectivity index (χ0) is 17.9. The Bertz CT molecular complexity index is 873. The summed E-state index contributed by atoms with van der Waals surface area (Å²) in [5.41, 5.74) is 0.713. The molecular weight excluding hydrogens is 346 g/mol. The Morgan fingerprint density at radius 1 is 1.44 bits per heavy atom. The van der Waals surface area contributed by atoms with Crippen LogP contribution >= 0.6 is 0 Å². The minimum absolute atomic E-state index is 0.118. The Kier molecular flexibility index (Phi) is 5.57. The zero-order valence-corrected chi connectivity index (χ0v) is 15.0. The summed E-state index contributed by atoms with van der Waals surface area (Å²) in [7, 11) is -1.93. The lowest BCUT2D eigenvalue weighted by Gasteiger charge is -2.16. The minimum Gasteiger partial charge on any atom is -0.408 e. The first kappa shape index (κ1) is 18.1. The molecule has 2 N–H and O–H groups in total. The smallest absolute Gasteiger partial charge is 0.408 e. The molecule has 0 amide bonds. The maximum absolute atomic E-state index is 12.5. The van der Waals surface area contributed by atoms with Crippen molar-refractivity contribution in [2.45, 2.75) is 17.7 Å². The number of nitrogens with one attached hydrogen (secondary N) is 2. The number of ether oxygens (including phenoxy) is 1. The monoisotopic (exact) mass is 369 g/mol. The van der Waals surface area contributed by atoms with Crippen LogP contribution in [0.4, 0.5) is 0 Å². The molecule has 0 unspecified atom stereocenters. The van der Waals surface area contributed by atoms with Crippen LogP contribution in [0, 0.1) is 5.92 Å². The van der Waals surface area contributed by atoms with Gasteiger partial charge in [-0.2, -0.15) is 0 Å². The van der Waals surface area contributed by atoms with Crippen molar-refractivity contribution in [1.29, 1.82) is 0 Å². The molecule has 3 rings (SSSR count). The number of rotatable bonds is 8. The number of likely N-dealkylation sites (tertiary alicyclic amines) is 1. The topological polar surface area (TPSA) is 105 Å². The maximum atomic E-state index is 12.5. The van der Waals surface area contributed by atoms with E-state index in [1.807, 2.05) is 0 Å². The van der Waals surface area contributed by atoms with E-state index in [9.17, 15) is 13.2 Å². The van der Waals surface area contributed by atoms with Crippen LogP contribution in [0.15, 0.2) is 32.3 Å². The molecule has 2 heterocycles. The predicted octanol–water partition coefficient (Wildman–Crippen LogP) is 0.758. The van der Waals surface area contributed by atoms with Gasteiger partial charge in [0, 0.05) is 33.4 Å². The Morgan fingerprint density at radius 3 is 3.08 bits per heavy atom. The molecule has 1 saturated heterocycles. The predicted molar refractivity (Wildman–Crippen MR) is 93.1 cm³/mol. The van der Waals surface area contributed by atoms with Crippen molar-refractivity contribution in [3.63, 3.8) is 0 Å². The molecule has 0 bridgehead atoms. The number of hydrogen-bond acceptors (Lipinski definition) is 6. The van der Waals surface area contributed by atoms with E-state index < -0.39 is 15.8 Å². The SMILES string of the molecule is COCCCN1CC[C@H](CNS(=O)(=O)c2ccc3oc(=O)[nH]c3c2)C1. The summed E-state index contributed by atoms with van der Waals surface area (Å²) in [6, 6.07) is 4.33. The number of sulfonamides is 1. The van der Waals surface area contributed by atoms with Crippen molar-refractivity contribution >= 4 is 21.1 Å². The fourth-order valence-electron chi connectivity index (χ4n) is 3.12. The van der Waals surface area contributed by atoms with E-state index in [2.05, 4.69) is 14.6 Å².